The van der Waals surface area contributed by atoms with Gasteiger partial charge in [0, 0.05) is 12.5 Å². The van der Waals surface area contributed by atoms with E-state index in [4.69, 9.17) is 0 Å². The Kier molecular flexibility index (Phi) is 3.90. The van der Waals surface area contributed by atoms with Crippen LogP contribution in [0.25, 0.3) is 0 Å². The largest absolute Gasteiger partial charge is 0.374 e. The number of carbonyl (C=O) groups excluding carboxylic acids is 1. The van der Waals surface area contributed by atoms with Crippen LogP contribution >= 0.6 is 0 Å². The van der Waals surface area contributed by atoms with Gasteiger partial charge in [-0.15, -0.1) is 0 Å². The van der Waals surface area contributed by atoms with Crippen molar-refractivity contribution in [1.29, 1.82) is 0 Å². The van der Waals surface area contributed by atoms with Crippen molar-refractivity contribution < 1.29 is 9.18 Å². The molecule has 1 heterocycles. The molecule has 20 heavy (non-hydrogen) atoms. The molecule has 1 saturated carbocycles. The summed E-state index contributed by atoms with van der Waals surface area (Å²) in [5, 5.41) is 6.16. The summed E-state index contributed by atoms with van der Waals surface area (Å²) in [5.74, 6) is 0.282. The van der Waals surface area contributed by atoms with E-state index in [9.17, 15) is 9.18 Å². The first-order chi connectivity index (χ1) is 9.72. The molecule has 0 saturated heterocycles. The third kappa shape index (κ3) is 2.94. The summed E-state index contributed by atoms with van der Waals surface area (Å²) in [6.45, 7) is 0.757. The number of halogens is 1. The van der Waals surface area contributed by atoms with Gasteiger partial charge in [-0.3, -0.25) is 4.79 Å². The van der Waals surface area contributed by atoms with E-state index in [-0.39, 0.29) is 23.7 Å². The predicted molar refractivity (Wildman–Crippen MR) is 76.4 cm³/mol. The molecule has 0 aromatic heterocycles. The minimum Gasteiger partial charge on any atom is -0.374 e. The zero-order valence-electron chi connectivity index (χ0n) is 11.6. The van der Waals surface area contributed by atoms with Gasteiger partial charge in [0.05, 0.1) is 11.7 Å². The van der Waals surface area contributed by atoms with Gasteiger partial charge < -0.3 is 10.6 Å². The van der Waals surface area contributed by atoms with Gasteiger partial charge in [-0.1, -0.05) is 25.3 Å². The van der Waals surface area contributed by atoms with E-state index in [1.54, 1.807) is 12.2 Å². The van der Waals surface area contributed by atoms with Gasteiger partial charge in [0.15, 0.2) is 0 Å². The minimum absolute atomic E-state index is 0.0185. The highest BCUT2D eigenvalue weighted by Gasteiger charge is 2.29. The SMILES string of the molecule is O=C(NCC1CCCCC1)C1=CC2C=C(F)C=CC2N1. The second-order valence-electron chi connectivity index (χ2n) is 5.95. The van der Waals surface area contributed by atoms with E-state index in [0.717, 1.165) is 6.54 Å². The van der Waals surface area contributed by atoms with Crippen molar-refractivity contribution >= 4 is 5.91 Å². The summed E-state index contributed by atoms with van der Waals surface area (Å²) >= 11 is 0. The molecule has 3 rings (SSSR count). The lowest BCUT2D eigenvalue weighted by molar-refractivity contribution is -0.118. The quantitative estimate of drug-likeness (QED) is 0.832. The second-order valence-corrected chi connectivity index (χ2v) is 5.95. The van der Waals surface area contributed by atoms with Crippen LogP contribution in [0.4, 0.5) is 4.39 Å². The fraction of sp³-hybridized carbons (Fsp3) is 0.562. The zero-order chi connectivity index (χ0) is 13.9. The van der Waals surface area contributed by atoms with Crippen molar-refractivity contribution in [1.82, 2.24) is 10.6 Å². The molecule has 1 aliphatic heterocycles. The van der Waals surface area contributed by atoms with Crippen LogP contribution in [0, 0.1) is 11.8 Å². The van der Waals surface area contributed by atoms with Crippen molar-refractivity contribution in [3.8, 4) is 0 Å². The Bertz CT molecular complexity index is 475. The lowest BCUT2D eigenvalue weighted by Crippen LogP contribution is -2.36. The van der Waals surface area contributed by atoms with Gasteiger partial charge >= 0.3 is 0 Å². The molecular weight excluding hydrogens is 255 g/mol. The van der Waals surface area contributed by atoms with Crippen molar-refractivity contribution in [2.75, 3.05) is 6.54 Å². The standard InChI is InChI=1S/C16H21FN2O/c17-13-6-7-14-12(8-13)9-15(19-14)16(20)18-10-11-4-2-1-3-5-11/h6-9,11-12,14,19H,1-5,10H2,(H,18,20). The maximum absolute atomic E-state index is 13.2. The predicted octanol–water partition coefficient (Wildman–Crippen LogP) is 2.58. The summed E-state index contributed by atoms with van der Waals surface area (Å²) in [4.78, 5) is 12.1. The maximum atomic E-state index is 13.2. The lowest BCUT2D eigenvalue weighted by atomic mass is 9.89. The van der Waals surface area contributed by atoms with Crippen molar-refractivity contribution in [2.24, 2.45) is 11.8 Å². The van der Waals surface area contributed by atoms with Gasteiger partial charge in [-0.25, -0.2) is 4.39 Å². The fourth-order valence-corrected chi connectivity index (χ4v) is 3.25. The number of carbonyl (C=O) groups is 1. The van der Waals surface area contributed by atoms with E-state index in [0.29, 0.717) is 11.6 Å². The van der Waals surface area contributed by atoms with E-state index in [1.807, 2.05) is 6.08 Å². The van der Waals surface area contributed by atoms with Crippen LogP contribution in [0.5, 0.6) is 0 Å². The Hall–Kier alpha value is -1.58. The molecule has 0 aromatic rings. The van der Waals surface area contributed by atoms with Gasteiger partial charge in [0.1, 0.15) is 5.83 Å². The molecule has 0 spiro atoms. The van der Waals surface area contributed by atoms with Crippen LogP contribution in [0.1, 0.15) is 32.1 Å². The summed E-state index contributed by atoms with van der Waals surface area (Å²) in [6, 6.07) is 0.0185. The number of nitrogens with one attached hydrogen (secondary N) is 2. The van der Waals surface area contributed by atoms with E-state index in [1.165, 1.54) is 38.2 Å². The number of allylic oxidation sites excluding steroid dienone is 2. The normalized spacial score (nSPS) is 29.2. The highest BCUT2D eigenvalue weighted by atomic mass is 19.1. The van der Waals surface area contributed by atoms with Crippen molar-refractivity contribution in [3.63, 3.8) is 0 Å². The number of hydrogen-bond acceptors (Lipinski definition) is 2. The Labute approximate surface area is 119 Å². The maximum Gasteiger partial charge on any atom is 0.267 e. The third-order valence-corrected chi connectivity index (χ3v) is 4.43. The molecule has 1 fully saturated rings. The highest BCUT2D eigenvalue weighted by molar-refractivity contribution is 5.93. The summed E-state index contributed by atoms with van der Waals surface area (Å²) < 4.78 is 13.2. The first-order valence-corrected chi connectivity index (χ1v) is 7.54. The van der Waals surface area contributed by atoms with Crippen LogP contribution in [0.15, 0.2) is 35.8 Å². The lowest BCUT2D eigenvalue weighted by Gasteiger charge is -2.22. The number of hydrogen-bond donors (Lipinski definition) is 2. The Morgan fingerprint density at radius 2 is 2.10 bits per heavy atom. The van der Waals surface area contributed by atoms with Crippen molar-refractivity contribution in [3.05, 3.63) is 35.8 Å². The second kappa shape index (κ2) is 5.81. The van der Waals surface area contributed by atoms with Crippen LogP contribution in [-0.4, -0.2) is 18.5 Å². The average molecular weight is 276 g/mol. The molecule has 0 radical (unpaired) electrons. The molecule has 2 N–H and O–H groups in total. The molecule has 0 aromatic carbocycles. The monoisotopic (exact) mass is 276 g/mol. The van der Waals surface area contributed by atoms with Gasteiger partial charge in [-0.05, 0) is 37.0 Å². The molecule has 3 nitrogen and oxygen atoms in total. The molecule has 2 unspecified atom stereocenters. The molecule has 2 atom stereocenters. The Balaban J connectivity index is 1.53. The molecule has 108 valence electrons. The van der Waals surface area contributed by atoms with Crippen molar-refractivity contribution in [2.45, 2.75) is 38.1 Å². The smallest absolute Gasteiger partial charge is 0.267 e. The fourth-order valence-electron chi connectivity index (χ4n) is 3.25. The van der Waals surface area contributed by atoms with Crippen LogP contribution in [0.2, 0.25) is 0 Å². The van der Waals surface area contributed by atoms with Gasteiger partial charge in [-0.2, -0.15) is 0 Å². The highest BCUT2D eigenvalue weighted by Crippen LogP contribution is 2.26. The zero-order valence-corrected chi connectivity index (χ0v) is 11.6. The molecule has 0 bridgehead atoms. The number of fused-ring (bicyclic) bond motifs is 1. The van der Waals surface area contributed by atoms with Crippen LogP contribution in [0.3, 0.4) is 0 Å². The molecular formula is C16H21FN2O. The third-order valence-electron chi connectivity index (χ3n) is 4.43. The van der Waals surface area contributed by atoms with E-state index in [2.05, 4.69) is 10.6 Å². The molecule has 4 heteroatoms. The van der Waals surface area contributed by atoms with Crippen LogP contribution in [-0.2, 0) is 4.79 Å². The topological polar surface area (TPSA) is 41.1 Å². The Morgan fingerprint density at radius 3 is 2.90 bits per heavy atom. The van der Waals surface area contributed by atoms with Gasteiger partial charge in [0.25, 0.3) is 5.91 Å². The van der Waals surface area contributed by atoms with Crippen LogP contribution < -0.4 is 10.6 Å². The Morgan fingerprint density at radius 1 is 1.30 bits per heavy atom. The van der Waals surface area contributed by atoms with E-state index >= 15 is 0 Å². The first-order valence-electron chi connectivity index (χ1n) is 7.54. The first kappa shape index (κ1) is 13.4. The minimum atomic E-state index is -0.229. The number of rotatable bonds is 3. The van der Waals surface area contributed by atoms with Gasteiger partial charge in [0.2, 0.25) is 0 Å². The molecule has 2 aliphatic carbocycles. The summed E-state index contributed by atoms with van der Waals surface area (Å²) in [6.07, 6.45) is 12.9. The number of amides is 1. The molecule has 3 aliphatic rings. The summed E-state index contributed by atoms with van der Waals surface area (Å²) in [7, 11) is 0. The van der Waals surface area contributed by atoms with E-state index < -0.39 is 0 Å². The summed E-state index contributed by atoms with van der Waals surface area (Å²) in [5.41, 5.74) is 0.575. The molecule has 1 amide bonds. The average Bonchev–Trinajstić information content (AvgIpc) is 2.89.